The predicted molar refractivity (Wildman–Crippen MR) is 133 cm³/mol. The fourth-order valence-corrected chi connectivity index (χ4v) is 4.22. The minimum Gasteiger partial charge on any atom is -0.404 e. The van der Waals surface area contributed by atoms with Gasteiger partial charge < -0.3 is 10.1 Å². The second kappa shape index (κ2) is 11.9. The highest BCUT2D eigenvalue weighted by molar-refractivity contribution is 14.1. The number of hydrogen-bond donors (Lipinski definition) is 2. The number of hydroxylamine groups is 1. The van der Waals surface area contributed by atoms with Crippen molar-refractivity contribution in [3.05, 3.63) is 79.9 Å². The van der Waals surface area contributed by atoms with Crippen LogP contribution in [0.5, 0.6) is 5.75 Å². The van der Waals surface area contributed by atoms with Crippen LogP contribution in [0, 0.1) is 9.39 Å². The number of carbonyl (C=O) groups is 2. The quantitative estimate of drug-likeness (QED) is 0.0875. The Labute approximate surface area is 250 Å². The summed E-state index contributed by atoms with van der Waals surface area (Å²) < 4.78 is 151. The second-order valence-electron chi connectivity index (χ2n) is 8.11. The molecular weight excluding hydrogens is 754 g/mol. The minimum atomic E-state index is -6.70. The normalized spacial score (nSPS) is 12.6. The lowest BCUT2D eigenvalue weighted by Crippen LogP contribution is -2.50. The van der Waals surface area contributed by atoms with Crippen LogP contribution in [0.4, 0.5) is 59.7 Å². The molecule has 3 rings (SSSR count). The Morgan fingerprint density at radius 3 is 2.07 bits per heavy atom. The largest absolute Gasteiger partial charge is 0.573 e. The molecule has 0 fully saturated rings. The van der Waals surface area contributed by atoms with Gasteiger partial charge in [-0.05, 0) is 59.0 Å². The van der Waals surface area contributed by atoms with Crippen molar-refractivity contribution in [2.45, 2.75) is 24.4 Å². The summed E-state index contributed by atoms with van der Waals surface area (Å²) in [7, 11) is 0. The standard InChI is InChI=1S/C23H10ClF11IN3O4/c24-15-5-4-9(8-37-15)19(41)39(42)13-3-1-2-11(16(13)25)18(40)38-17-12(36)6-10(7-14(17)43-23(33,34)35)20(26,21(27,28)29)22(30,31)32/h1-8,42H,(H,38,40). The molecule has 0 unspecified atom stereocenters. The van der Waals surface area contributed by atoms with Crippen molar-refractivity contribution in [2.24, 2.45) is 0 Å². The number of nitrogens with zero attached hydrogens (tertiary/aromatic N) is 2. The molecule has 1 heterocycles. The van der Waals surface area contributed by atoms with Gasteiger partial charge in [0.2, 0.25) is 0 Å². The molecule has 0 saturated carbocycles. The van der Waals surface area contributed by atoms with Crippen LogP contribution in [-0.4, -0.2) is 40.7 Å². The van der Waals surface area contributed by atoms with Crippen molar-refractivity contribution in [1.29, 1.82) is 0 Å². The number of nitrogens with one attached hydrogen (secondary N) is 1. The first-order chi connectivity index (χ1) is 19.6. The van der Waals surface area contributed by atoms with Crippen LogP contribution in [0.1, 0.15) is 26.3 Å². The van der Waals surface area contributed by atoms with E-state index in [9.17, 15) is 58.7 Å². The van der Waals surface area contributed by atoms with Crippen LogP contribution in [0.25, 0.3) is 0 Å². The van der Waals surface area contributed by atoms with Crippen molar-refractivity contribution in [3.63, 3.8) is 0 Å². The van der Waals surface area contributed by atoms with Crippen molar-refractivity contribution in [2.75, 3.05) is 10.4 Å². The Balaban J connectivity index is 2.07. The van der Waals surface area contributed by atoms with E-state index in [1.54, 1.807) is 5.32 Å². The molecule has 7 nitrogen and oxygen atoms in total. The number of hydrogen-bond acceptors (Lipinski definition) is 5. The van der Waals surface area contributed by atoms with E-state index < -0.39 is 79.9 Å². The Hall–Kier alpha value is -3.46. The molecule has 43 heavy (non-hydrogen) atoms. The maximum Gasteiger partial charge on any atom is 0.573 e. The molecule has 0 spiro atoms. The number of alkyl halides is 10. The highest BCUT2D eigenvalue weighted by Crippen LogP contribution is 2.54. The third-order valence-corrected chi connectivity index (χ3v) is 6.39. The van der Waals surface area contributed by atoms with Crippen molar-refractivity contribution in [1.82, 2.24) is 4.98 Å². The Morgan fingerprint density at radius 2 is 1.56 bits per heavy atom. The number of halogens is 13. The highest BCUT2D eigenvalue weighted by atomic mass is 127. The number of pyridine rings is 1. The van der Waals surface area contributed by atoms with E-state index in [2.05, 4.69) is 9.72 Å². The predicted octanol–water partition coefficient (Wildman–Crippen LogP) is 7.96. The van der Waals surface area contributed by atoms with Crippen LogP contribution in [-0.2, 0) is 5.67 Å². The van der Waals surface area contributed by atoms with Gasteiger partial charge in [-0.1, -0.05) is 17.7 Å². The molecule has 3 aromatic rings. The van der Waals surface area contributed by atoms with E-state index in [0.717, 1.165) is 53.1 Å². The number of carbonyl (C=O) groups excluding carboxylic acids is 2. The van der Waals surface area contributed by atoms with Gasteiger partial charge in [-0.25, -0.2) is 13.8 Å². The lowest BCUT2D eigenvalue weighted by atomic mass is 9.93. The second-order valence-corrected chi connectivity index (χ2v) is 9.66. The molecule has 2 aromatic carbocycles. The number of rotatable bonds is 6. The third kappa shape index (κ3) is 7.03. The van der Waals surface area contributed by atoms with Crippen LogP contribution in [0.3, 0.4) is 0 Å². The fraction of sp³-hybridized carbons (Fsp3) is 0.174. The molecular formula is C23H10ClF11IN3O4. The van der Waals surface area contributed by atoms with E-state index in [1.165, 1.54) is 0 Å². The van der Waals surface area contributed by atoms with Gasteiger partial charge in [0.15, 0.2) is 11.6 Å². The first kappa shape index (κ1) is 34.0. The van der Waals surface area contributed by atoms with Crippen molar-refractivity contribution >= 4 is 57.4 Å². The molecule has 0 radical (unpaired) electrons. The van der Waals surface area contributed by atoms with E-state index in [-0.39, 0.29) is 21.8 Å². The average molecular weight is 764 g/mol. The zero-order valence-electron chi connectivity index (χ0n) is 20.1. The SMILES string of the molecule is O=C(Nc1c(I)cc(C(F)(C(F)(F)F)C(F)(F)F)cc1OC(F)(F)F)c1cccc(N(O)C(=O)c2ccc(Cl)nc2)c1F. The monoisotopic (exact) mass is 763 g/mol. The fourth-order valence-electron chi connectivity index (χ4n) is 3.37. The summed E-state index contributed by atoms with van der Waals surface area (Å²) >= 11 is 6.49. The smallest absolute Gasteiger partial charge is 0.404 e. The summed E-state index contributed by atoms with van der Waals surface area (Å²) in [4.78, 5) is 28.9. The number of benzene rings is 2. The van der Waals surface area contributed by atoms with Gasteiger partial charge in [0.1, 0.15) is 10.8 Å². The van der Waals surface area contributed by atoms with E-state index in [0.29, 0.717) is 6.07 Å². The van der Waals surface area contributed by atoms with Crippen LogP contribution < -0.4 is 15.1 Å². The summed E-state index contributed by atoms with van der Waals surface area (Å²) in [6, 6.07) is 3.89. The molecule has 20 heteroatoms. The molecule has 0 aliphatic rings. The minimum absolute atomic E-state index is 0.0450. The molecule has 0 saturated heterocycles. The topological polar surface area (TPSA) is 91.8 Å². The highest BCUT2D eigenvalue weighted by Gasteiger charge is 2.73. The lowest BCUT2D eigenvalue weighted by Gasteiger charge is -2.31. The van der Waals surface area contributed by atoms with Gasteiger partial charge in [0.05, 0.1) is 16.8 Å². The van der Waals surface area contributed by atoms with Crippen molar-refractivity contribution < 1.29 is 67.8 Å². The Kier molecular flexibility index (Phi) is 9.42. The third-order valence-electron chi connectivity index (χ3n) is 5.32. The van der Waals surface area contributed by atoms with Gasteiger partial charge in [-0.3, -0.25) is 14.8 Å². The number of anilines is 2. The molecule has 0 aliphatic carbocycles. The summed E-state index contributed by atoms with van der Waals surface area (Å²) in [5.41, 5.74) is -12.1. The van der Waals surface area contributed by atoms with Crippen molar-refractivity contribution in [3.8, 4) is 5.75 Å². The Morgan fingerprint density at radius 1 is 0.953 bits per heavy atom. The summed E-state index contributed by atoms with van der Waals surface area (Å²) in [5.74, 6) is -6.52. The van der Waals surface area contributed by atoms with Gasteiger partial charge in [0, 0.05) is 15.3 Å². The maximum atomic E-state index is 15.2. The molecule has 0 aliphatic heterocycles. The van der Waals surface area contributed by atoms with E-state index >= 15 is 4.39 Å². The molecule has 1 aromatic heterocycles. The lowest BCUT2D eigenvalue weighted by molar-refractivity contribution is -0.348. The summed E-state index contributed by atoms with van der Waals surface area (Å²) in [5, 5.41) is 11.6. The van der Waals surface area contributed by atoms with Crippen LogP contribution in [0.15, 0.2) is 48.7 Å². The first-order valence-corrected chi connectivity index (χ1v) is 12.2. The van der Waals surface area contributed by atoms with E-state index in [4.69, 9.17) is 11.6 Å². The van der Waals surface area contributed by atoms with Gasteiger partial charge >= 0.3 is 24.4 Å². The van der Waals surface area contributed by atoms with Crippen LogP contribution >= 0.6 is 34.2 Å². The van der Waals surface area contributed by atoms with Crippen LogP contribution in [0.2, 0.25) is 5.15 Å². The van der Waals surface area contributed by atoms with Gasteiger partial charge in [-0.2, -0.15) is 31.4 Å². The summed E-state index contributed by atoms with van der Waals surface area (Å²) in [6.45, 7) is 0. The molecule has 2 N–H and O–H groups in total. The molecule has 0 atom stereocenters. The van der Waals surface area contributed by atoms with Gasteiger partial charge in [-0.15, -0.1) is 13.2 Å². The molecule has 0 bridgehead atoms. The maximum absolute atomic E-state index is 15.2. The zero-order chi connectivity index (χ0) is 32.7. The van der Waals surface area contributed by atoms with Gasteiger partial charge in [0.25, 0.3) is 11.8 Å². The Bertz CT molecular complexity index is 1530. The first-order valence-electron chi connectivity index (χ1n) is 10.8. The number of aromatic nitrogens is 1. The summed E-state index contributed by atoms with van der Waals surface area (Å²) in [6.07, 6.45) is -18.3. The average Bonchev–Trinajstić information content (AvgIpc) is 2.87. The molecule has 232 valence electrons. The molecule has 2 amide bonds. The number of ether oxygens (including phenoxy) is 1. The zero-order valence-corrected chi connectivity index (χ0v) is 23.0. The number of amides is 2. The van der Waals surface area contributed by atoms with E-state index in [1.807, 2.05) is 0 Å².